The average Bonchev–Trinajstić information content (AvgIpc) is 2.51. The predicted molar refractivity (Wildman–Crippen MR) is 50.8 cm³/mol. The molecule has 2 N–H and O–H groups in total. The summed E-state index contributed by atoms with van der Waals surface area (Å²) in [7, 11) is 0. The van der Waals surface area contributed by atoms with E-state index in [2.05, 4.69) is 4.98 Å². The van der Waals surface area contributed by atoms with Gasteiger partial charge in [0, 0.05) is 5.56 Å². The molecular formula is C9H5F2NO2S. The summed E-state index contributed by atoms with van der Waals surface area (Å²) in [6.45, 7) is 0. The zero-order valence-corrected chi connectivity index (χ0v) is 8.05. The highest BCUT2D eigenvalue weighted by molar-refractivity contribution is 7.17. The summed E-state index contributed by atoms with van der Waals surface area (Å²) >= 11 is 0.678. The number of hydrogen-bond acceptors (Lipinski definition) is 4. The molecule has 0 bridgehead atoms. The maximum Gasteiger partial charge on any atom is 0.267 e. The minimum Gasteiger partial charge on any atom is -0.496 e. The van der Waals surface area contributed by atoms with E-state index in [1.165, 1.54) is 12.1 Å². The summed E-state index contributed by atoms with van der Waals surface area (Å²) in [5.41, 5.74) is -0.0874. The van der Waals surface area contributed by atoms with Crippen LogP contribution in [0.5, 0.6) is 10.9 Å². The molecule has 0 unspecified atom stereocenters. The lowest BCUT2D eigenvalue weighted by Crippen LogP contribution is -1.87. The van der Waals surface area contributed by atoms with E-state index < -0.39 is 22.6 Å². The Hall–Kier alpha value is -1.69. The second kappa shape index (κ2) is 3.47. The van der Waals surface area contributed by atoms with Crippen molar-refractivity contribution in [2.45, 2.75) is 0 Å². The Balaban J connectivity index is 2.59. The van der Waals surface area contributed by atoms with Gasteiger partial charge in [0.1, 0.15) is 5.01 Å². The first-order chi connectivity index (χ1) is 7.09. The molecule has 0 aliphatic carbocycles. The molecule has 0 spiro atoms. The molecule has 0 aliphatic rings. The van der Waals surface area contributed by atoms with E-state index in [-0.39, 0.29) is 10.6 Å². The molecule has 0 radical (unpaired) electrons. The molecule has 1 heterocycles. The number of hydrogen-bond donors (Lipinski definition) is 2. The Morgan fingerprint density at radius 3 is 2.53 bits per heavy atom. The minimum atomic E-state index is -1.05. The van der Waals surface area contributed by atoms with Crippen LogP contribution in [0.1, 0.15) is 0 Å². The summed E-state index contributed by atoms with van der Waals surface area (Å²) < 4.78 is 26.1. The van der Waals surface area contributed by atoms with Crippen LogP contribution in [0.3, 0.4) is 0 Å². The molecule has 0 atom stereocenters. The van der Waals surface area contributed by atoms with Crippen LogP contribution in [0.25, 0.3) is 10.6 Å². The molecule has 0 fully saturated rings. The summed E-state index contributed by atoms with van der Waals surface area (Å²) in [4.78, 5) is 3.50. The van der Waals surface area contributed by atoms with Crippen molar-refractivity contribution in [3.8, 4) is 21.5 Å². The van der Waals surface area contributed by atoms with E-state index in [0.29, 0.717) is 11.3 Å². The third kappa shape index (κ3) is 1.63. The van der Waals surface area contributed by atoms with Crippen molar-refractivity contribution in [1.29, 1.82) is 0 Å². The Kier molecular flexibility index (Phi) is 2.28. The molecule has 3 nitrogen and oxygen atoms in total. The second-order valence-electron chi connectivity index (χ2n) is 2.75. The van der Waals surface area contributed by atoms with E-state index in [9.17, 15) is 8.78 Å². The Bertz CT molecular complexity index is 493. The SMILES string of the molecule is Oc1nc(-c2cccc(F)c2F)sc1O. The standard InChI is InChI=1S/C9H5F2NO2S/c10-5-3-1-2-4(6(5)11)8-12-7(13)9(14)15-8/h1-3,13-14H. The first-order valence-electron chi connectivity index (χ1n) is 3.92. The minimum absolute atomic E-state index is 0.0296. The first kappa shape index (κ1) is 9.85. The molecule has 6 heteroatoms. The summed E-state index contributed by atoms with van der Waals surface area (Å²) in [5, 5.41) is 17.7. The fourth-order valence-corrected chi connectivity index (χ4v) is 1.81. The molecule has 1 aromatic carbocycles. The van der Waals surface area contributed by atoms with Crippen molar-refractivity contribution in [2.75, 3.05) is 0 Å². The molecule has 1 aromatic heterocycles. The smallest absolute Gasteiger partial charge is 0.267 e. The number of nitrogens with zero attached hydrogens (tertiary/aromatic N) is 1. The van der Waals surface area contributed by atoms with Crippen LogP contribution in [0.15, 0.2) is 18.2 Å². The fourth-order valence-electron chi connectivity index (χ4n) is 1.09. The summed E-state index contributed by atoms with van der Waals surface area (Å²) in [6.07, 6.45) is 0. The van der Waals surface area contributed by atoms with Crippen molar-refractivity contribution in [2.24, 2.45) is 0 Å². The lowest BCUT2D eigenvalue weighted by molar-refractivity contribution is 0.402. The van der Waals surface area contributed by atoms with Crippen LogP contribution in [0, 0.1) is 11.6 Å². The van der Waals surface area contributed by atoms with Gasteiger partial charge in [-0.3, -0.25) is 0 Å². The summed E-state index contributed by atoms with van der Waals surface area (Å²) in [5.74, 6) is -2.63. The van der Waals surface area contributed by atoms with Gasteiger partial charge >= 0.3 is 0 Å². The third-order valence-corrected chi connectivity index (χ3v) is 2.65. The van der Waals surface area contributed by atoms with Gasteiger partial charge in [0.05, 0.1) is 0 Å². The van der Waals surface area contributed by atoms with Crippen LogP contribution in [0.4, 0.5) is 8.78 Å². The molecule has 0 aliphatic heterocycles. The Morgan fingerprint density at radius 2 is 1.93 bits per heavy atom. The maximum absolute atomic E-state index is 13.3. The van der Waals surface area contributed by atoms with Crippen molar-refractivity contribution in [1.82, 2.24) is 4.98 Å². The maximum atomic E-state index is 13.3. The van der Waals surface area contributed by atoms with Crippen molar-refractivity contribution in [3.05, 3.63) is 29.8 Å². The van der Waals surface area contributed by atoms with Gasteiger partial charge in [0.25, 0.3) is 5.88 Å². The first-order valence-corrected chi connectivity index (χ1v) is 4.74. The zero-order valence-electron chi connectivity index (χ0n) is 7.24. The van der Waals surface area contributed by atoms with Crippen LogP contribution in [-0.2, 0) is 0 Å². The van der Waals surface area contributed by atoms with E-state index in [4.69, 9.17) is 10.2 Å². The molecule has 0 saturated heterocycles. The van der Waals surface area contributed by atoms with Gasteiger partial charge in [-0.15, -0.1) is 0 Å². The molecule has 0 saturated carbocycles. The van der Waals surface area contributed by atoms with Gasteiger partial charge in [-0.1, -0.05) is 17.4 Å². The van der Waals surface area contributed by atoms with Crippen LogP contribution in [-0.4, -0.2) is 15.2 Å². The quantitative estimate of drug-likeness (QED) is 0.789. The highest BCUT2D eigenvalue weighted by Gasteiger charge is 2.16. The average molecular weight is 229 g/mol. The molecular weight excluding hydrogens is 224 g/mol. The summed E-state index contributed by atoms with van der Waals surface area (Å²) in [6, 6.07) is 3.62. The molecule has 78 valence electrons. The lowest BCUT2D eigenvalue weighted by Gasteiger charge is -1.98. The number of rotatable bonds is 1. The number of halogens is 2. The van der Waals surface area contributed by atoms with Gasteiger partial charge in [0.15, 0.2) is 11.6 Å². The van der Waals surface area contributed by atoms with Crippen molar-refractivity contribution >= 4 is 11.3 Å². The number of aromatic nitrogens is 1. The number of benzene rings is 1. The van der Waals surface area contributed by atoms with E-state index >= 15 is 0 Å². The fraction of sp³-hybridized carbons (Fsp3) is 0. The van der Waals surface area contributed by atoms with Crippen LogP contribution >= 0.6 is 11.3 Å². The van der Waals surface area contributed by atoms with E-state index in [1.807, 2.05) is 0 Å². The lowest BCUT2D eigenvalue weighted by atomic mass is 10.2. The largest absolute Gasteiger partial charge is 0.496 e. The zero-order chi connectivity index (χ0) is 11.0. The number of thiazole rings is 1. The third-order valence-electron chi connectivity index (χ3n) is 1.77. The van der Waals surface area contributed by atoms with Crippen molar-refractivity contribution < 1.29 is 19.0 Å². The van der Waals surface area contributed by atoms with Crippen molar-refractivity contribution in [3.63, 3.8) is 0 Å². The van der Waals surface area contributed by atoms with Gasteiger partial charge < -0.3 is 10.2 Å². The second-order valence-corrected chi connectivity index (χ2v) is 3.73. The molecule has 15 heavy (non-hydrogen) atoms. The normalized spacial score (nSPS) is 10.5. The molecule has 2 aromatic rings. The van der Waals surface area contributed by atoms with E-state index in [0.717, 1.165) is 6.07 Å². The highest BCUT2D eigenvalue weighted by atomic mass is 32.1. The molecule has 2 rings (SSSR count). The topological polar surface area (TPSA) is 53.4 Å². The van der Waals surface area contributed by atoms with Gasteiger partial charge in [-0.05, 0) is 12.1 Å². The van der Waals surface area contributed by atoms with E-state index in [1.54, 1.807) is 0 Å². The van der Waals surface area contributed by atoms with Crippen LogP contribution in [0.2, 0.25) is 0 Å². The van der Waals surface area contributed by atoms with Gasteiger partial charge in [0.2, 0.25) is 5.06 Å². The number of aromatic hydroxyl groups is 2. The van der Waals surface area contributed by atoms with Crippen LogP contribution < -0.4 is 0 Å². The van der Waals surface area contributed by atoms with Gasteiger partial charge in [-0.25, -0.2) is 8.78 Å². The Labute approximate surface area is 87.3 Å². The Morgan fingerprint density at radius 1 is 1.20 bits per heavy atom. The predicted octanol–water partition coefficient (Wildman–Crippen LogP) is 2.50. The van der Waals surface area contributed by atoms with Gasteiger partial charge in [-0.2, -0.15) is 4.98 Å². The molecule has 0 amide bonds. The monoisotopic (exact) mass is 229 g/mol. The highest BCUT2D eigenvalue weighted by Crippen LogP contribution is 2.37.